The fourth-order valence-corrected chi connectivity index (χ4v) is 2.78. The van der Waals surface area contributed by atoms with E-state index < -0.39 is 0 Å². The lowest BCUT2D eigenvalue weighted by molar-refractivity contribution is 0.349. The van der Waals surface area contributed by atoms with Gasteiger partial charge in [-0.1, -0.05) is 36.8 Å². The van der Waals surface area contributed by atoms with Crippen LogP contribution >= 0.6 is 0 Å². The molecule has 124 valence electrons. The average molecular weight is 323 g/mol. The van der Waals surface area contributed by atoms with Gasteiger partial charge in [0, 0.05) is 24.0 Å². The van der Waals surface area contributed by atoms with Crippen molar-refractivity contribution in [1.29, 1.82) is 5.41 Å². The second-order valence-corrected chi connectivity index (χ2v) is 6.15. The number of rotatable bonds is 6. The van der Waals surface area contributed by atoms with E-state index >= 15 is 0 Å². The molecule has 1 aliphatic carbocycles. The van der Waals surface area contributed by atoms with E-state index in [1.807, 2.05) is 30.4 Å². The molecule has 4 heteroatoms. The minimum Gasteiger partial charge on any atom is -0.384 e. The quantitative estimate of drug-likeness (QED) is 0.758. The van der Waals surface area contributed by atoms with Crippen molar-refractivity contribution < 1.29 is 4.39 Å². The third-order valence-electron chi connectivity index (χ3n) is 4.49. The Hall–Kier alpha value is -2.49. The zero-order valence-electron chi connectivity index (χ0n) is 13.6. The second-order valence-electron chi connectivity index (χ2n) is 6.15. The van der Waals surface area contributed by atoms with E-state index in [0.29, 0.717) is 30.3 Å². The SMILES string of the molecule is N=C(/C=C(\NCc1ccccc1F)C1CCC1)C1=CC=CC=NC1. The Morgan fingerprint density at radius 3 is 2.88 bits per heavy atom. The number of hydrogen-bond acceptors (Lipinski definition) is 3. The topological polar surface area (TPSA) is 48.2 Å². The van der Waals surface area contributed by atoms with Crippen LogP contribution in [0, 0.1) is 17.1 Å². The minimum atomic E-state index is -0.195. The maximum Gasteiger partial charge on any atom is 0.128 e. The molecule has 0 saturated heterocycles. The highest BCUT2D eigenvalue weighted by Gasteiger charge is 2.22. The number of halogens is 1. The average Bonchev–Trinajstić information content (AvgIpc) is 2.81. The summed E-state index contributed by atoms with van der Waals surface area (Å²) >= 11 is 0. The third kappa shape index (κ3) is 4.07. The standard InChI is InChI=1S/C20H22FN3/c21-18-10-2-1-6-16(18)14-24-20(15-8-5-9-15)12-19(22)17-7-3-4-11-23-13-17/h1-4,6-7,10-12,15,22,24H,5,8-9,13-14H2/b20-12-,22-19?. The zero-order chi connectivity index (χ0) is 16.8. The number of allylic oxidation sites excluding steroid dienone is 5. The summed E-state index contributed by atoms with van der Waals surface area (Å²) in [4.78, 5) is 4.24. The molecule has 0 atom stereocenters. The van der Waals surface area contributed by atoms with Crippen LogP contribution in [-0.2, 0) is 6.54 Å². The van der Waals surface area contributed by atoms with Gasteiger partial charge in [-0.15, -0.1) is 0 Å². The van der Waals surface area contributed by atoms with Gasteiger partial charge in [-0.3, -0.25) is 4.99 Å². The first-order chi connectivity index (χ1) is 11.7. The highest BCUT2D eigenvalue weighted by atomic mass is 19.1. The third-order valence-corrected chi connectivity index (χ3v) is 4.49. The van der Waals surface area contributed by atoms with E-state index in [1.165, 1.54) is 12.5 Å². The van der Waals surface area contributed by atoms with Crippen LogP contribution in [0.25, 0.3) is 0 Å². The van der Waals surface area contributed by atoms with E-state index in [0.717, 1.165) is 24.1 Å². The highest BCUT2D eigenvalue weighted by molar-refractivity contribution is 6.07. The lowest BCUT2D eigenvalue weighted by Gasteiger charge is -2.29. The van der Waals surface area contributed by atoms with Crippen molar-refractivity contribution in [1.82, 2.24) is 5.32 Å². The fourth-order valence-electron chi connectivity index (χ4n) is 2.78. The molecular weight excluding hydrogens is 301 g/mol. The molecule has 24 heavy (non-hydrogen) atoms. The number of hydrogen-bond donors (Lipinski definition) is 2. The first-order valence-corrected chi connectivity index (χ1v) is 8.37. The normalized spacial score (nSPS) is 17.9. The molecular formula is C20H22FN3. The number of aliphatic imine (C=N–C) groups is 1. The summed E-state index contributed by atoms with van der Waals surface area (Å²) in [5.41, 5.74) is 3.05. The summed E-state index contributed by atoms with van der Waals surface area (Å²) in [5.74, 6) is 0.251. The number of nitrogens with zero attached hydrogens (tertiary/aromatic N) is 1. The van der Waals surface area contributed by atoms with Crippen LogP contribution in [0.5, 0.6) is 0 Å². The van der Waals surface area contributed by atoms with Crippen molar-refractivity contribution in [2.75, 3.05) is 6.54 Å². The van der Waals surface area contributed by atoms with Gasteiger partial charge in [0.1, 0.15) is 5.82 Å². The van der Waals surface area contributed by atoms with Gasteiger partial charge < -0.3 is 10.7 Å². The van der Waals surface area contributed by atoms with Gasteiger partial charge >= 0.3 is 0 Å². The Labute approximate surface area is 142 Å². The van der Waals surface area contributed by atoms with Crippen LogP contribution in [0.1, 0.15) is 24.8 Å². The lowest BCUT2D eigenvalue weighted by Crippen LogP contribution is -2.26. The van der Waals surface area contributed by atoms with E-state index in [-0.39, 0.29) is 5.82 Å². The summed E-state index contributed by atoms with van der Waals surface area (Å²) in [5, 5.41) is 11.7. The summed E-state index contributed by atoms with van der Waals surface area (Å²) in [6, 6.07) is 6.81. The van der Waals surface area contributed by atoms with Gasteiger partial charge in [0.15, 0.2) is 0 Å². The minimum absolute atomic E-state index is 0.195. The predicted octanol–water partition coefficient (Wildman–Crippen LogP) is 4.19. The van der Waals surface area contributed by atoms with E-state index in [1.54, 1.807) is 18.3 Å². The molecule has 3 nitrogen and oxygen atoms in total. The summed E-state index contributed by atoms with van der Waals surface area (Å²) < 4.78 is 13.8. The molecule has 0 amide bonds. The Balaban J connectivity index is 1.72. The Morgan fingerprint density at radius 1 is 1.29 bits per heavy atom. The molecule has 0 unspecified atom stereocenters. The Kier molecular flexibility index (Phi) is 5.36. The van der Waals surface area contributed by atoms with Crippen molar-refractivity contribution in [3.05, 3.63) is 71.2 Å². The van der Waals surface area contributed by atoms with E-state index in [2.05, 4.69) is 10.3 Å². The van der Waals surface area contributed by atoms with Crippen LogP contribution in [-0.4, -0.2) is 18.5 Å². The van der Waals surface area contributed by atoms with Crippen molar-refractivity contribution in [3.63, 3.8) is 0 Å². The van der Waals surface area contributed by atoms with Gasteiger partial charge in [0.2, 0.25) is 0 Å². The second kappa shape index (κ2) is 7.86. The van der Waals surface area contributed by atoms with E-state index in [4.69, 9.17) is 5.41 Å². The van der Waals surface area contributed by atoms with Crippen LogP contribution < -0.4 is 5.32 Å². The summed E-state index contributed by atoms with van der Waals surface area (Å²) in [7, 11) is 0. The van der Waals surface area contributed by atoms with Crippen LogP contribution in [0.4, 0.5) is 4.39 Å². The lowest BCUT2D eigenvalue weighted by atomic mass is 9.82. The first kappa shape index (κ1) is 16.4. The van der Waals surface area contributed by atoms with E-state index in [9.17, 15) is 4.39 Å². The molecule has 1 aromatic carbocycles. The van der Waals surface area contributed by atoms with Gasteiger partial charge in [-0.25, -0.2) is 4.39 Å². The molecule has 0 spiro atoms. The summed E-state index contributed by atoms with van der Waals surface area (Å²) in [6.07, 6.45) is 12.8. The predicted molar refractivity (Wildman–Crippen MR) is 97.0 cm³/mol. The smallest absolute Gasteiger partial charge is 0.128 e. The number of nitrogens with one attached hydrogen (secondary N) is 2. The molecule has 1 aromatic rings. The first-order valence-electron chi connectivity index (χ1n) is 8.37. The van der Waals surface area contributed by atoms with Gasteiger partial charge in [0.05, 0.1) is 12.3 Å². The van der Waals surface area contributed by atoms with Gasteiger partial charge in [-0.2, -0.15) is 0 Å². The Morgan fingerprint density at radius 2 is 2.12 bits per heavy atom. The van der Waals surface area contributed by atoms with Crippen molar-refractivity contribution in [3.8, 4) is 0 Å². The van der Waals surface area contributed by atoms with Gasteiger partial charge in [0.25, 0.3) is 0 Å². The van der Waals surface area contributed by atoms with Crippen molar-refractivity contribution >= 4 is 11.9 Å². The monoisotopic (exact) mass is 323 g/mol. The molecule has 1 saturated carbocycles. The van der Waals surface area contributed by atoms with Crippen molar-refractivity contribution in [2.24, 2.45) is 10.9 Å². The number of benzene rings is 1. The molecule has 0 aromatic heterocycles. The molecule has 0 radical (unpaired) electrons. The Bertz CT molecular complexity index is 724. The molecule has 3 rings (SSSR count). The highest BCUT2D eigenvalue weighted by Crippen LogP contribution is 2.32. The van der Waals surface area contributed by atoms with Crippen LogP contribution in [0.2, 0.25) is 0 Å². The largest absolute Gasteiger partial charge is 0.384 e. The van der Waals surface area contributed by atoms with Crippen LogP contribution in [0.3, 0.4) is 0 Å². The maximum atomic E-state index is 13.8. The molecule has 2 N–H and O–H groups in total. The molecule has 1 heterocycles. The summed E-state index contributed by atoms with van der Waals surface area (Å²) in [6.45, 7) is 0.965. The molecule has 1 fully saturated rings. The molecule has 0 bridgehead atoms. The maximum absolute atomic E-state index is 13.8. The zero-order valence-corrected chi connectivity index (χ0v) is 13.6. The van der Waals surface area contributed by atoms with Crippen molar-refractivity contribution in [2.45, 2.75) is 25.8 Å². The molecule has 1 aliphatic heterocycles. The van der Waals surface area contributed by atoms with Crippen LogP contribution in [0.15, 0.2) is 64.8 Å². The van der Waals surface area contributed by atoms with Gasteiger partial charge in [-0.05, 0) is 42.6 Å². The molecule has 2 aliphatic rings. The fraction of sp³-hybridized carbons (Fsp3) is 0.300.